The third kappa shape index (κ3) is 6.78. The van der Waals surface area contributed by atoms with Crippen LogP contribution >= 0.6 is 35.3 Å². The van der Waals surface area contributed by atoms with Crippen molar-refractivity contribution in [2.45, 2.75) is 26.2 Å². The molecule has 3 aromatic rings. The Bertz CT molecular complexity index is 1270. The number of hydrogen-bond donors (Lipinski definition) is 1. The molecule has 0 unspecified atom stereocenters. The molecule has 0 spiro atoms. The molecule has 9 heteroatoms. The highest BCUT2D eigenvalue weighted by Gasteiger charge is 2.31. The molecule has 1 aliphatic rings. The Balaban J connectivity index is 1.26. The first-order valence-corrected chi connectivity index (χ1v) is 13.1. The van der Waals surface area contributed by atoms with Crippen molar-refractivity contribution in [3.05, 3.63) is 81.2 Å². The Morgan fingerprint density at radius 2 is 2.03 bits per heavy atom. The maximum atomic E-state index is 12.8. The number of carbonyl (C=O) groups is 2. The van der Waals surface area contributed by atoms with Crippen LogP contribution in [0.15, 0.2) is 59.6 Å². The quantitative estimate of drug-likeness (QED) is 0.288. The van der Waals surface area contributed by atoms with Crippen LogP contribution < -0.4 is 10.1 Å². The van der Waals surface area contributed by atoms with Gasteiger partial charge < -0.3 is 10.1 Å². The number of amides is 2. The SMILES string of the molecule is COc1cccc(/C=C2\SC(=S)N(CCCC(=O)Nc3ncc(Cc4ccc(C)cc4)s3)C2=O)c1. The Morgan fingerprint density at radius 3 is 2.80 bits per heavy atom. The standard InChI is InChI=1S/C26H25N3O3S3/c1-17-8-10-18(11-9-17)14-21-16-27-25(34-21)28-23(30)7-4-12-29-24(31)22(35-26(29)33)15-19-5-3-6-20(13-19)32-2/h3,5-6,8-11,13,15-16H,4,7,12,14H2,1-2H3,(H,27,28,30)/b22-15-. The van der Waals surface area contributed by atoms with E-state index in [2.05, 4.69) is 41.5 Å². The van der Waals surface area contributed by atoms with Crippen molar-refractivity contribution < 1.29 is 14.3 Å². The van der Waals surface area contributed by atoms with Gasteiger partial charge in [-0.15, -0.1) is 11.3 Å². The lowest BCUT2D eigenvalue weighted by Gasteiger charge is -2.13. The number of hydrogen-bond acceptors (Lipinski definition) is 7. The molecule has 6 nitrogen and oxygen atoms in total. The fraction of sp³-hybridized carbons (Fsp3) is 0.231. The maximum Gasteiger partial charge on any atom is 0.266 e. The molecule has 35 heavy (non-hydrogen) atoms. The van der Waals surface area contributed by atoms with Gasteiger partial charge in [0.15, 0.2) is 5.13 Å². The largest absolute Gasteiger partial charge is 0.497 e. The summed E-state index contributed by atoms with van der Waals surface area (Å²) in [6.07, 6.45) is 5.18. The predicted molar refractivity (Wildman–Crippen MR) is 147 cm³/mol. The summed E-state index contributed by atoms with van der Waals surface area (Å²) in [7, 11) is 1.60. The summed E-state index contributed by atoms with van der Waals surface area (Å²) < 4.78 is 5.74. The van der Waals surface area contributed by atoms with Gasteiger partial charge in [-0.2, -0.15) is 0 Å². The lowest BCUT2D eigenvalue weighted by atomic mass is 10.1. The Morgan fingerprint density at radius 1 is 1.23 bits per heavy atom. The number of nitrogens with one attached hydrogen (secondary N) is 1. The molecule has 1 aromatic heterocycles. The molecule has 0 radical (unpaired) electrons. The number of carbonyl (C=O) groups excluding carboxylic acids is 2. The zero-order valence-corrected chi connectivity index (χ0v) is 21.9. The summed E-state index contributed by atoms with van der Waals surface area (Å²) >= 11 is 8.15. The van der Waals surface area contributed by atoms with Gasteiger partial charge in [-0.3, -0.25) is 14.5 Å². The van der Waals surface area contributed by atoms with Crippen LogP contribution in [0.3, 0.4) is 0 Å². The molecule has 1 aliphatic heterocycles. The summed E-state index contributed by atoms with van der Waals surface area (Å²) in [5.41, 5.74) is 3.31. The lowest BCUT2D eigenvalue weighted by Crippen LogP contribution is -2.29. The van der Waals surface area contributed by atoms with Gasteiger partial charge >= 0.3 is 0 Å². The van der Waals surface area contributed by atoms with Crippen LogP contribution in [0.25, 0.3) is 6.08 Å². The van der Waals surface area contributed by atoms with Crippen LogP contribution in [0, 0.1) is 6.92 Å². The molecular formula is C26H25N3O3S3. The van der Waals surface area contributed by atoms with Crippen molar-refractivity contribution >= 4 is 62.7 Å². The zero-order valence-electron chi connectivity index (χ0n) is 19.4. The molecule has 1 fully saturated rings. The molecule has 2 heterocycles. The number of benzene rings is 2. The number of anilines is 1. The minimum absolute atomic E-state index is 0.126. The highest BCUT2D eigenvalue weighted by atomic mass is 32.2. The van der Waals surface area contributed by atoms with E-state index in [1.807, 2.05) is 30.3 Å². The van der Waals surface area contributed by atoms with E-state index in [9.17, 15) is 9.59 Å². The molecule has 2 aromatic carbocycles. The Hall–Kier alpha value is -3.01. The van der Waals surface area contributed by atoms with Crippen molar-refractivity contribution in [3.8, 4) is 5.75 Å². The number of aryl methyl sites for hydroxylation is 1. The average molecular weight is 524 g/mol. The number of thiazole rings is 1. The van der Waals surface area contributed by atoms with Crippen LogP contribution in [0.1, 0.15) is 34.4 Å². The smallest absolute Gasteiger partial charge is 0.266 e. The number of aromatic nitrogens is 1. The van der Waals surface area contributed by atoms with Gasteiger partial charge in [-0.05, 0) is 42.7 Å². The molecule has 0 aliphatic carbocycles. The molecule has 180 valence electrons. The monoisotopic (exact) mass is 523 g/mol. The Kier molecular flexibility index (Phi) is 8.33. The van der Waals surface area contributed by atoms with E-state index in [1.165, 1.54) is 34.2 Å². The van der Waals surface area contributed by atoms with E-state index in [0.29, 0.717) is 27.3 Å². The van der Waals surface area contributed by atoms with Gasteiger partial charge in [0, 0.05) is 30.5 Å². The summed E-state index contributed by atoms with van der Waals surface area (Å²) in [4.78, 5) is 32.8. The molecule has 1 N–H and O–H groups in total. The molecule has 0 saturated carbocycles. The van der Waals surface area contributed by atoms with Gasteiger partial charge in [-0.1, -0.05) is 65.9 Å². The van der Waals surface area contributed by atoms with Gasteiger partial charge in [0.2, 0.25) is 5.91 Å². The average Bonchev–Trinajstić information content (AvgIpc) is 3.39. The Labute approximate surface area is 218 Å². The molecule has 0 atom stereocenters. The molecule has 0 bridgehead atoms. The van der Waals surface area contributed by atoms with E-state index < -0.39 is 0 Å². The number of rotatable bonds is 9. The zero-order chi connectivity index (χ0) is 24.8. The number of thioether (sulfide) groups is 1. The van der Waals surface area contributed by atoms with Crippen LogP contribution in [0.4, 0.5) is 5.13 Å². The molecule has 4 rings (SSSR count). The van der Waals surface area contributed by atoms with Crippen molar-refractivity contribution in [2.75, 3.05) is 19.0 Å². The van der Waals surface area contributed by atoms with Crippen LogP contribution in [0.2, 0.25) is 0 Å². The van der Waals surface area contributed by atoms with E-state index in [4.69, 9.17) is 17.0 Å². The lowest BCUT2D eigenvalue weighted by molar-refractivity contribution is -0.122. The number of methoxy groups -OCH3 is 1. The van der Waals surface area contributed by atoms with Crippen molar-refractivity contribution in [1.29, 1.82) is 0 Å². The van der Waals surface area contributed by atoms with E-state index in [0.717, 1.165) is 22.6 Å². The van der Waals surface area contributed by atoms with E-state index >= 15 is 0 Å². The van der Waals surface area contributed by atoms with Crippen molar-refractivity contribution in [1.82, 2.24) is 9.88 Å². The van der Waals surface area contributed by atoms with Crippen LogP contribution in [-0.2, 0) is 16.0 Å². The van der Waals surface area contributed by atoms with Crippen molar-refractivity contribution in [2.24, 2.45) is 0 Å². The van der Waals surface area contributed by atoms with Gasteiger partial charge in [0.25, 0.3) is 5.91 Å². The first-order valence-electron chi connectivity index (χ1n) is 11.1. The summed E-state index contributed by atoms with van der Waals surface area (Å²) in [6.45, 7) is 2.46. The minimum Gasteiger partial charge on any atom is -0.497 e. The summed E-state index contributed by atoms with van der Waals surface area (Å²) in [6, 6.07) is 15.9. The predicted octanol–water partition coefficient (Wildman–Crippen LogP) is 5.67. The number of nitrogens with zero attached hydrogens (tertiary/aromatic N) is 2. The third-order valence-corrected chi connectivity index (χ3v) is 7.64. The number of thiocarbonyl (C=S) groups is 1. The second kappa shape index (κ2) is 11.6. The third-order valence-electron chi connectivity index (χ3n) is 5.35. The fourth-order valence-corrected chi connectivity index (χ4v) is 5.68. The second-order valence-electron chi connectivity index (χ2n) is 8.06. The van der Waals surface area contributed by atoms with Crippen LogP contribution in [0.5, 0.6) is 5.75 Å². The summed E-state index contributed by atoms with van der Waals surface area (Å²) in [5, 5.41) is 3.45. The van der Waals surface area contributed by atoms with Gasteiger partial charge in [-0.25, -0.2) is 4.98 Å². The van der Waals surface area contributed by atoms with Gasteiger partial charge in [0.05, 0.1) is 12.0 Å². The topological polar surface area (TPSA) is 71.5 Å². The van der Waals surface area contributed by atoms with E-state index in [1.54, 1.807) is 18.2 Å². The minimum atomic E-state index is -0.135. The summed E-state index contributed by atoms with van der Waals surface area (Å²) in [5.74, 6) is 0.463. The maximum absolute atomic E-state index is 12.8. The van der Waals surface area contributed by atoms with E-state index in [-0.39, 0.29) is 18.2 Å². The highest BCUT2D eigenvalue weighted by molar-refractivity contribution is 8.26. The first kappa shape index (κ1) is 25.1. The molecule has 1 saturated heterocycles. The normalized spacial score (nSPS) is 14.6. The number of ether oxygens (including phenoxy) is 1. The van der Waals surface area contributed by atoms with Crippen LogP contribution in [-0.4, -0.2) is 39.7 Å². The first-order chi connectivity index (χ1) is 16.9. The molecule has 2 amide bonds. The van der Waals surface area contributed by atoms with Crippen molar-refractivity contribution in [3.63, 3.8) is 0 Å². The molecular weight excluding hydrogens is 499 g/mol. The second-order valence-corrected chi connectivity index (χ2v) is 10.8. The fourth-order valence-electron chi connectivity index (χ4n) is 3.51. The highest BCUT2D eigenvalue weighted by Crippen LogP contribution is 2.33. The van der Waals surface area contributed by atoms with Gasteiger partial charge in [0.1, 0.15) is 10.1 Å².